The first-order valence-electron chi connectivity index (χ1n) is 6.08. The molecule has 1 aromatic carbocycles. The second kappa shape index (κ2) is 6.50. The minimum Gasteiger partial charge on any atom is -0.496 e. The molecule has 1 rings (SSSR count). The van der Waals surface area contributed by atoms with E-state index in [1.54, 1.807) is 14.2 Å². The maximum atomic E-state index is 5.54. The van der Waals surface area contributed by atoms with Crippen LogP contribution in [-0.4, -0.2) is 20.8 Å². The van der Waals surface area contributed by atoms with Crippen molar-refractivity contribution in [3.63, 3.8) is 0 Å². The molecular formula is C14H23NO2. The smallest absolute Gasteiger partial charge is 0.122 e. The Kier molecular flexibility index (Phi) is 5.29. The lowest BCUT2D eigenvalue weighted by atomic mass is 9.97. The molecule has 0 saturated carbocycles. The summed E-state index contributed by atoms with van der Waals surface area (Å²) in [7, 11) is 3.41. The maximum Gasteiger partial charge on any atom is 0.122 e. The molecular weight excluding hydrogens is 214 g/mol. The van der Waals surface area contributed by atoms with E-state index in [2.05, 4.69) is 26.0 Å². The molecule has 0 radical (unpaired) electrons. The van der Waals surface area contributed by atoms with Crippen LogP contribution in [-0.2, 0) is 6.42 Å². The number of hydrogen-bond acceptors (Lipinski definition) is 3. The molecule has 17 heavy (non-hydrogen) atoms. The zero-order chi connectivity index (χ0) is 12.8. The molecule has 0 aliphatic rings. The fraction of sp³-hybridized carbons (Fsp3) is 0.571. The van der Waals surface area contributed by atoms with Crippen molar-refractivity contribution in [2.75, 3.05) is 20.8 Å². The van der Waals surface area contributed by atoms with Gasteiger partial charge < -0.3 is 15.2 Å². The summed E-state index contributed by atoms with van der Waals surface area (Å²) in [4.78, 5) is 0. The Morgan fingerprint density at radius 2 is 1.76 bits per heavy atom. The average Bonchev–Trinajstić information content (AvgIpc) is 2.34. The molecule has 2 N–H and O–H groups in total. The zero-order valence-corrected chi connectivity index (χ0v) is 11.2. The van der Waals surface area contributed by atoms with E-state index >= 15 is 0 Å². The van der Waals surface area contributed by atoms with Gasteiger partial charge in [0.1, 0.15) is 11.5 Å². The molecule has 0 fully saturated rings. The summed E-state index contributed by atoms with van der Waals surface area (Å²) in [6.07, 6.45) is 1.88. The lowest BCUT2D eigenvalue weighted by Crippen LogP contribution is -2.03. The van der Waals surface area contributed by atoms with E-state index in [0.29, 0.717) is 12.5 Å². The lowest BCUT2D eigenvalue weighted by molar-refractivity contribution is 0.392. The second-order valence-electron chi connectivity index (χ2n) is 4.45. The predicted molar refractivity (Wildman–Crippen MR) is 71.0 cm³/mol. The van der Waals surface area contributed by atoms with Crippen LogP contribution in [0.2, 0.25) is 0 Å². The lowest BCUT2D eigenvalue weighted by Gasteiger charge is -2.16. The van der Waals surface area contributed by atoms with E-state index in [1.807, 2.05) is 0 Å². The zero-order valence-electron chi connectivity index (χ0n) is 11.2. The molecule has 0 heterocycles. The molecule has 0 amide bonds. The highest BCUT2D eigenvalue weighted by molar-refractivity contribution is 5.48. The second-order valence-corrected chi connectivity index (χ2v) is 4.45. The first-order chi connectivity index (χ1) is 8.13. The Morgan fingerprint density at radius 3 is 2.24 bits per heavy atom. The Morgan fingerprint density at radius 1 is 1.12 bits per heavy atom. The molecule has 1 aromatic rings. The van der Waals surface area contributed by atoms with Crippen LogP contribution in [0.25, 0.3) is 0 Å². The van der Waals surface area contributed by atoms with Crippen molar-refractivity contribution in [1.82, 2.24) is 0 Å². The van der Waals surface area contributed by atoms with Gasteiger partial charge in [-0.2, -0.15) is 0 Å². The minimum absolute atomic E-state index is 0.419. The van der Waals surface area contributed by atoms with Gasteiger partial charge in [0.05, 0.1) is 14.2 Å². The quantitative estimate of drug-likeness (QED) is 0.827. The third-order valence-corrected chi connectivity index (χ3v) is 2.91. The van der Waals surface area contributed by atoms with E-state index in [-0.39, 0.29) is 0 Å². The summed E-state index contributed by atoms with van der Waals surface area (Å²) in [5, 5.41) is 0. The van der Waals surface area contributed by atoms with E-state index in [4.69, 9.17) is 15.2 Å². The van der Waals surface area contributed by atoms with Gasteiger partial charge in [0.2, 0.25) is 0 Å². The third kappa shape index (κ3) is 3.37. The maximum absolute atomic E-state index is 5.54. The van der Waals surface area contributed by atoms with Crippen LogP contribution in [0.4, 0.5) is 0 Å². The van der Waals surface area contributed by atoms with E-state index in [0.717, 1.165) is 24.3 Å². The van der Waals surface area contributed by atoms with Gasteiger partial charge in [0.15, 0.2) is 0 Å². The van der Waals surface area contributed by atoms with Crippen molar-refractivity contribution in [2.24, 2.45) is 5.73 Å². The number of rotatable bonds is 6. The van der Waals surface area contributed by atoms with Gasteiger partial charge in [-0.3, -0.25) is 0 Å². The monoisotopic (exact) mass is 237 g/mol. The fourth-order valence-corrected chi connectivity index (χ4v) is 1.92. The highest BCUT2D eigenvalue weighted by Crippen LogP contribution is 2.33. The van der Waals surface area contributed by atoms with Crippen molar-refractivity contribution in [1.29, 1.82) is 0 Å². The average molecular weight is 237 g/mol. The predicted octanol–water partition coefficient (Wildman–Crippen LogP) is 2.72. The van der Waals surface area contributed by atoms with Crippen LogP contribution in [0.3, 0.4) is 0 Å². The molecule has 0 spiro atoms. The standard InChI is InChI=1S/C14H23NO2/c1-10(2)12-9-13(16-3)11(6-5-7-15)8-14(12)17-4/h8-10H,5-7,15H2,1-4H3. The van der Waals surface area contributed by atoms with Gasteiger partial charge >= 0.3 is 0 Å². The molecule has 0 unspecified atom stereocenters. The van der Waals surface area contributed by atoms with Gasteiger partial charge in [0.25, 0.3) is 0 Å². The van der Waals surface area contributed by atoms with Crippen molar-refractivity contribution in [2.45, 2.75) is 32.6 Å². The SMILES string of the molecule is COc1cc(C(C)C)c(OC)cc1CCCN. The third-order valence-electron chi connectivity index (χ3n) is 2.91. The molecule has 96 valence electrons. The molecule has 3 heteroatoms. The summed E-state index contributed by atoms with van der Waals surface area (Å²) < 4.78 is 10.9. The first-order valence-corrected chi connectivity index (χ1v) is 6.08. The number of hydrogen-bond donors (Lipinski definition) is 1. The molecule has 3 nitrogen and oxygen atoms in total. The molecule has 0 aliphatic carbocycles. The van der Waals surface area contributed by atoms with Gasteiger partial charge in [-0.25, -0.2) is 0 Å². The highest BCUT2D eigenvalue weighted by atomic mass is 16.5. The largest absolute Gasteiger partial charge is 0.496 e. The van der Waals surface area contributed by atoms with Crippen LogP contribution >= 0.6 is 0 Å². The summed E-state index contributed by atoms with van der Waals surface area (Å²) in [6.45, 7) is 4.99. The summed E-state index contributed by atoms with van der Waals surface area (Å²) in [5.41, 5.74) is 7.89. The van der Waals surface area contributed by atoms with E-state index in [9.17, 15) is 0 Å². The van der Waals surface area contributed by atoms with Crippen molar-refractivity contribution >= 4 is 0 Å². The molecule has 0 saturated heterocycles. The van der Waals surface area contributed by atoms with E-state index in [1.165, 1.54) is 11.1 Å². The molecule has 0 aromatic heterocycles. The van der Waals surface area contributed by atoms with Gasteiger partial charge in [-0.1, -0.05) is 13.8 Å². The topological polar surface area (TPSA) is 44.5 Å². The Bertz CT molecular complexity index is 361. The van der Waals surface area contributed by atoms with Crippen LogP contribution in [0.5, 0.6) is 11.5 Å². The van der Waals surface area contributed by atoms with E-state index < -0.39 is 0 Å². The molecule has 0 bridgehead atoms. The minimum atomic E-state index is 0.419. The molecule has 0 atom stereocenters. The highest BCUT2D eigenvalue weighted by Gasteiger charge is 2.13. The number of ether oxygens (including phenoxy) is 2. The number of aryl methyl sites for hydroxylation is 1. The number of methoxy groups -OCH3 is 2. The van der Waals surface area contributed by atoms with Crippen molar-refractivity contribution in [3.05, 3.63) is 23.3 Å². The van der Waals surface area contributed by atoms with Crippen LogP contribution in [0, 0.1) is 0 Å². The van der Waals surface area contributed by atoms with Gasteiger partial charge in [-0.05, 0) is 43.0 Å². The summed E-state index contributed by atoms with van der Waals surface area (Å²) >= 11 is 0. The van der Waals surface area contributed by atoms with Crippen molar-refractivity contribution < 1.29 is 9.47 Å². The fourth-order valence-electron chi connectivity index (χ4n) is 1.92. The number of nitrogens with two attached hydrogens (primary N) is 1. The summed E-state index contributed by atoms with van der Waals surface area (Å²) in [6, 6.07) is 4.15. The summed E-state index contributed by atoms with van der Waals surface area (Å²) in [5.74, 6) is 2.29. The van der Waals surface area contributed by atoms with Gasteiger partial charge in [-0.15, -0.1) is 0 Å². The Hall–Kier alpha value is -1.22. The Balaban J connectivity index is 3.13. The normalized spacial score (nSPS) is 10.7. The number of benzene rings is 1. The van der Waals surface area contributed by atoms with Crippen LogP contribution in [0.1, 0.15) is 37.3 Å². The van der Waals surface area contributed by atoms with Crippen LogP contribution in [0.15, 0.2) is 12.1 Å². The first kappa shape index (κ1) is 13.8. The molecule has 0 aliphatic heterocycles. The van der Waals surface area contributed by atoms with Crippen LogP contribution < -0.4 is 15.2 Å². The van der Waals surface area contributed by atoms with Crippen molar-refractivity contribution in [3.8, 4) is 11.5 Å². The van der Waals surface area contributed by atoms with Gasteiger partial charge in [0, 0.05) is 5.56 Å². The Labute approximate surface area is 104 Å².